The third-order valence-electron chi connectivity index (χ3n) is 3.98. The normalized spacial score (nSPS) is 12.3. The molecule has 1 atom stereocenters. The van der Waals surface area contributed by atoms with Crippen molar-refractivity contribution in [3.05, 3.63) is 47.2 Å². The summed E-state index contributed by atoms with van der Waals surface area (Å²) in [7, 11) is 0. The van der Waals surface area contributed by atoms with Gasteiger partial charge in [0, 0.05) is 11.9 Å². The molecule has 0 spiro atoms. The van der Waals surface area contributed by atoms with Crippen molar-refractivity contribution in [1.82, 2.24) is 9.97 Å². The predicted octanol–water partition coefficient (Wildman–Crippen LogP) is 4.66. The first kappa shape index (κ1) is 17.5. The molecule has 0 aliphatic rings. The van der Waals surface area contributed by atoms with E-state index in [0.29, 0.717) is 22.9 Å². The Kier molecular flexibility index (Phi) is 5.08. The molecular formula is C19H21N3O2S. The molecule has 0 saturated heterocycles. The Labute approximate surface area is 151 Å². The number of hydrogen-bond donors (Lipinski definition) is 1. The first-order chi connectivity index (χ1) is 12.0. The number of pyridine rings is 1. The standard InChI is InChI=1S/C19H21N3O2S/c1-5-15(25-19-22-17-14(24-19)7-6-8-20-17)18(23)21-16-12(3)9-11(2)10-13(16)4/h6-10,15H,5H2,1-4H3,(H,21,23)/t15-/m1/s1. The van der Waals surface area contributed by atoms with Crippen molar-refractivity contribution < 1.29 is 9.21 Å². The van der Waals surface area contributed by atoms with Gasteiger partial charge in [-0.15, -0.1) is 0 Å². The zero-order valence-electron chi connectivity index (χ0n) is 14.8. The molecule has 1 amide bonds. The SMILES string of the molecule is CC[C@@H](Sc1nc2ncccc2o1)C(=O)Nc1c(C)cc(C)cc1C. The molecule has 0 radical (unpaired) electrons. The van der Waals surface area contributed by atoms with E-state index in [2.05, 4.69) is 34.3 Å². The number of benzene rings is 1. The van der Waals surface area contributed by atoms with Crippen molar-refractivity contribution in [2.24, 2.45) is 0 Å². The first-order valence-corrected chi connectivity index (χ1v) is 9.12. The molecule has 0 fully saturated rings. The van der Waals surface area contributed by atoms with Gasteiger partial charge in [-0.25, -0.2) is 4.98 Å². The molecule has 2 aromatic heterocycles. The third-order valence-corrected chi connectivity index (χ3v) is 5.19. The lowest BCUT2D eigenvalue weighted by molar-refractivity contribution is -0.115. The third kappa shape index (κ3) is 3.85. The highest BCUT2D eigenvalue weighted by atomic mass is 32.2. The molecule has 0 unspecified atom stereocenters. The number of nitrogens with zero attached hydrogens (tertiary/aromatic N) is 2. The quantitative estimate of drug-likeness (QED) is 0.674. The van der Waals surface area contributed by atoms with Crippen LogP contribution in [0.5, 0.6) is 0 Å². The van der Waals surface area contributed by atoms with E-state index in [-0.39, 0.29) is 11.2 Å². The Morgan fingerprint density at radius 3 is 2.64 bits per heavy atom. The second-order valence-electron chi connectivity index (χ2n) is 6.08. The molecule has 0 saturated carbocycles. The number of fused-ring (bicyclic) bond motifs is 1. The summed E-state index contributed by atoms with van der Waals surface area (Å²) in [5.74, 6) is -0.0437. The van der Waals surface area contributed by atoms with Crippen molar-refractivity contribution in [3.8, 4) is 0 Å². The molecule has 0 aliphatic heterocycles. The van der Waals surface area contributed by atoms with Crippen LogP contribution in [0, 0.1) is 20.8 Å². The molecule has 0 bridgehead atoms. The lowest BCUT2D eigenvalue weighted by atomic mass is 10.0. The number of nitrogens with one attached hydrogen (secondary N) is 1. The van der Waals surface area contributed by atoms with Gasteiger partial charge in [0.15, 0.2) is 11.2 Å². The zero-order valence-corrected chi connectivity index (χ0v) is 15.6. The first-order valence-electron chi connectivity index (χ1n) is 8.25. The number of amides is 1. The average molecular weight is 355 g/mol. The van der Waals surface area contributed by atoms with Crippen LogP contribution in [0.25, 0.3) is 11.2 Å². The molecule has 3 aromatic rings. The number of rotatable bonds is 5. The fourth-order valence-corrected chi connectivity index (χ4v) is 3.68. The van der Waals surface area contributed by atoms with Crippen LogP contribution in [-0.4, -0.2) is 21.1 Å². The lowest BCUT2D eigenvalue weighted by Gasteiger charge is -2.16. The topological polar surface area (TPSA) is 68.0 Å². The van der Waals surface area contributed by atoms with Crippen LogP contribution < -0.4 is 5.32 Å². The summed E-state index contributed by atoms with van der Waals surface area (Å²) in [6, 6.07) is 7.76. The van der Waals surface area contributed by atoms with Gasteiger partial charge < -0.3 is 9.73 Å². The van der Waals surface area contributed by atoms with Crippen LogP contribution in [0.3, 0.4) is 0 Å². The summed E-state index contributed by atoms with van der Waals surface area (Å²) in [5, 5.41) is 3.25. The van der Waals surface area contributed by atoms with Crippen molar-refractivity contribution in [1.29, 1.82) is 0 Å². The summed E-state index contributed by atoms with van der Waals surface area (Å²) in [4.78, 5) is 21.2. The van der Waals surface area contributed by atoms with Gasteiger partial charge in [0.1, 0.15) is 0 Å². The summed E-state index contributed by atoms with van der Waals surface area (Å²) in [6.45, 7) is 8.05. The molecule has 130 valence electrons. The summed E-state index contributed by atoms with van der Waals surface area (Å²) in [5.41, 5.74) is 5.40. The summed E-state index contributed by atoms with van der Waals surface area (Å²) in [6.07, 6.45) is 2.35. The highest BCUT2D eigenvalue weighted by Crippen LogP contribution is 2.29. The van der Waals surface area contributed by atoms with Crippen LogP contribution in [0.15, 0.2) is 40.1 Å². The minimum absolute atomic E-state index is 0.0437. The van der Waals surface area contributed by atoms with Gasteiger partial charge >= 0.3 is 0 Å². The number of aromatic nitrogens is 2. The zero-order chi connectivity index (χ0) is 18.0. The van der Waals surface area contributed by atoms with Crippen LogP contribution in [-0.2, 0) is 4.79 Å². The van der Waals surface area contributed by atoms with E-state index in [1.807, 2.05) is 26.8 Å². The average Bonchev–Trinajstić information content (AvgIpc) is 2.98. The molecule has 25 heavy (non-hydrogen) atoms. The number of carbonyl (C=O) groups is 1. The van der Waals surface area contributed by atoms with Gasteiger partial charge in [-0.1, -0.05) is 36.4 Å². The maximum absolute atomic E-state index is 12.7. The van der Waals surface area contributed by atoms with Gasteiger partial charge in [-0.2, -0.15) is 4.98 Å². The second-order valence-corrected chi connectivity index (χ2v) is 7.24. The predicted molar refractivity (Wildman–Crippen MR) is 101 cm³/mol. The van der Waals surface area contributed by atoms with E-state index >= 15 is 0 Å². The molecule has 6 heteroatoms. The number of anilines is 1. The van der Waals surface area contributed by atoms with Crippen LogP contribution in [0.4, 0.5) is 5.69 Å². The molecule has 1 aromatic carbocycles. The largest absolute Gasteiger partial charge is 0.430 e. The van der Waals surface area contributed by atoms with Crippen molar-refractivity contribution in [2.45, 2.75) is 44.6 Å². The maximum Gasteiger partial charge on any atom is 0.259 e. The van der Waals surface area contributed by atoms with E-state index in [4.69, 9.17) is 4.42 Å². The van der Waals surface area contributed by atoms with Crippen LogP contribution in [0.2, 0.25) is 0 Å². The number of oxazole rings is 1. The Morgan fingerprint density at radius 1 is 1.28 bits per heavy atom. The van der Waals surface area contributed by atoms with Gasteiger partial charge in [-0.05, 0) is 50.5 Å². The summed E-state index contributed by atoms with van der Waals surface area (Å²) < 4.78 is 5.67. The lowest BCUT2D eigenvalue weighted by Crippen LogP contribution is -2.25. The van der Waals surface area contributed by atoms with Crippen molar-refractivity contribution in [2.75, 3.05) is 5.32 Å². The maximum atomic E-state index is 12.7. The summed E-state index contributed by atoms with van der Waals surface area (Å²) >= 11 is 1.33. The number of hydrogen-bond acceptors (Lipinski definition) is 5. The fraction of sp³-hybridized carbons (Fsp3) is 0.316. The second kappa shape index (κ2) is 7.27. The Balaban J connectivity index is 1.77. The molecule has 3 rings (SSSR count). The Bertz CT molecular complexity index is 864. The van der Waals surface area contributed by atoms with E-state index in [1.165, 1.54) is 17.3 Å². The van der Waals surface area contributed by atoms with E-state index in [1.54, 1.807) is 12.3 Å². The highest BCUT2D eigenvalue weighted by Gasteiger charge is 2.22. The number of thioether (sulfide) groups is 1. The molecule has 2 heterocycles. The van der Waals surface area contributed by atoms with Crippen LogP contribution in [0.1, 0.15) is 30.0 Å². The van der Waals surface area contributed by atoms with E-state index < -0.39 is 0 Å². The minimum Gasteiger partial charge on any atom is -0.430 e. The molecular weight excluding hydrogens is 334 g/mol. The van der Waals surface area contributed by atoms with Crippen LogP contribution >= 0.6 is 11.8 Å². The van der Waals surface area contributed by atoms with E-state index in [9.17, 15) is 4.79 Å². The van der Waals surface area contributed by atoms with Gasteiger partial charge in [0.2, 0.25) is 5.91 Å². The van der Waals surface area contributed by atoms with E-state index in [0.717, 1.165) is 16.8 Å². The Hall–Kier alpha value is -2.34. The highest BCUT2D eigenvalue weighted by molar-refractivity contribution is 8.00. The minimum atomic E-state index is -0.284. The molecule has 0 aliphatic carbocycles. The fourth-order valence-electron chi connectivity index (χ4n) is 2.82. The smallest absolute Gasteiger partial charge is 0.259 e. The van der Waals surface area contributed by atoms with Gasteiger partial charge in [-0.3, -0.25) is 4.79 Å². The molecule has 5 nitrogen and oxygen atoms in total. The van der Waals surface area contributed by atoms with Gasteiger partial charge in [0.05, 0.1) is 5.25 Å². The van der Waals surface area contributed by atoms with Crippen molar-refractivity contribution in [3.63, 3.8) is 0 Å². The molecule has 1 N–H and O–H groups in total. The monoisotopic (exact) mass is 355 g/mol. The number of aryl methyl sites for hydroxylation is 3. The van der Waals surface area contributed by atoms with Gasteiger partial charge in [0.25, 0.3) is 5.22 Å². The Morgan fingerprint density at radius 2 is 2.00 bits per heavy atom. The van der Waals surface area contributed by atoms with Crippen molar-refractivity contribution >= 4 is 34.6 Å². The number of carbonyl (C=O) groups excluding carboxylic acids is 1.